The predicted molar refractivity (Wildman–Crippen MR) is 91.0 cm³/mol. The van der Waals surface area contributed by atoms with E-state index in [1.54, 1.807) is 0 Å². The molecule has 1 fully saturated rings. The van der Waals surface area contributed by atoms with Gasteiger partial charge in [-0.05, 0) is 59.1 Å². The number of ether oxygens (including phenoxy) is 1. The van der Waals surface area contributed by atoms with Gasteiger partial charge in [0.05, 0.1) is 0 Å². The molecule has 4 nitrogen and oxygen atoms in total. The molecule has 21 heavy (non-hydrogen) atoms. The molecule has 0 saturated heterocycles. The number of hydrogen-bond acceptors (Lipinski definition) is 4. The molecule has 0 spiro atoms. The van der Waals surface area contributed by atoms with Crippen molar-refractivity contribution in [3.8, 4) is 0 Å². The zero-order valence-corrected chi connectivity index (χ0v) is 15.0. The van der Waals surface area contributed by atoms with Gasteiger partial charge in [-0.2, -0.15) is 11.8 Å². The Kier molecular flexibility index (Phi) is 7.88. The van der Waals surface area contributed by atoms with Crippen LogP contribution in [0, 0.1) is 0 Å². The Hall–Kier alpha value is -0.420. The van der Waals surface area contributed by atoms with Gasteiger partial charge in [0.1, 0.15) is 5.60 Å². The summed E-state index contributed by atoms with van der Waals surface area (Å²) in [6.07, 6.45) is 4.12. The van der Waals surface area contributed by atoms with Crippen molar-refractivity contribution in [2.45, 2.75) is 84.0 Å². The first-order chi connectivity index (χ1) is 9.80. The van der Waals surface area contributed by atoms with Crippen LogP contribution in [0.1, 0.15) is 60.3 Å². The first kappa shape index (κ1) is 18.6. The third-order valence-electron chi connectivity index (χ3n) is 3.49. The lowest BCUT2D eigenvalue weighted by atomic mass is 9.90. The fraction of sp³-hybridized carbons (Fsp3) is 0.938. The summed E-state index contributed by atoms with van der Waals surface area (Å²) in [5.74, 6) is 2.32. The van der Waals surface area contributed by atoms with Crippen molar-refractivity contribution in [3.05, 3.63) is 0 Å². The molecule has 1 aliphatic rings. The molecule has 0 aliphatic heterocycles. The highest BCUT2D eigenvalue weighted by Crippen LogP contribution is 2.20. The van der Waals surface area contributed by atoms with Gasteiger partial charge < -0.3 is 15.4 Å². The first-order valence-corrected chi connectivity index (χ1v) is 9.29. The normalized spacial score (nSPS) is 24.4. The van der Waals surface area contributed by atoms with Crippen molar-refractivity contribution in [1.82, 2.24) is 10.6 Å². The van der Waals surface area contributed by atoms with Crippen molar-refractivity contribution in [2.75, 3.05) is 11.5 Å². The smallest absolute Gasteiger partial charge is 0.407 e. The standard InChI is InChI=1S/C16H32N2O2S/c1-6-21-11-12(2)17-13-8-7-9-14(10-13)18-15(19)20-16(3,4)5/h12-14,17H,6-11H2,1-5H3,(H,18,19). The van der Waals surface area contributed by atoms with Crippen LogP contribution in [0.4, 0.5) is 4.79 Å². The Morgan fingerprint density at radius 1 is 1.33 bits per heavy atom. The molecule has 3 unspecified atom stereocenters. The molecule has 124 valence electrons. The largest absolute Gasteiger partial charge is 0.444 e. The van der Waals surface area contributed by atoms with Gasteiger partial charge in [0.2, 0.25) is 0 Å². The topological polar surface area (TPSA) is 50.4 Å². The minimum absolute atomic E-state index is 0.233. The van der Waals surface area contributed by atoms with Gasteiger partial charge in [0.25, 0.3) is 0 Å². The quantitative estimate of drug-likeness (QED) is 0.787. The fourth-order valence-corrected chi connectivity index (χ4v) is 3.38. The summed E-state index contributed by atoms with van der Waals surface area (Å²) in [5, 5.41) is 6.71. The fourth-order valence-electron chi connectivity index (χ4n) is 2.69. The number of carbonyl (C=O) groups is 1. The van der Waals surface area contributed by atoms with Gasteiger partial charge >= 0.3 is 6.09 Å². The van der Waals surface area contributed by atoms with Crippen molar-refractivity contribution >= 4 is 17.9 Å². The number of amides is 1. The number of nitrogens with one attached hydrogen (secondary N) is 2. The zero-order valence-electron chi connectivity index (χ0n) is 14.2. The van der Waals surface area contributed by atoms with Crippen molar-refractivity contribution < 1.29 is 9.53 Å². The van der Waals surface area contributed by atoms with E-state index >= 15 is 0 Å². The van der Waals surface area contributed by atoms with E-state index in [-0.39, 0.29) is 12.1 Å². The molecule has 0 radical (unpaired) electrons. The first-order valence-electron chi connectivity index (χ1n) is 8.13. The van der Waals surface area contributed by atoms with E-state index in [9.17, 15) is 4.79 Å². The van der Waals surface area contributed by atoms with Gasteiger partial charge in [-0.25, -0.2) is 4.79 Å². The lowest BCUT2D eigenvalue weighted by Gasteiger charge is -2.32. The maximum atomic E-state index is 11.8. The molecule has 0 aromatic carbocycles. The van der Waals surface area contributed by atoms with E-state index in [2.05, 4.69) is 24.5 Å². The highest BCUT2D eigenvalue weighted by molar-refractivity contribution is 7.99. The van der Waals surface area contributed by atoms with Crippen LogP contribution in [-0.4, -0.2) is 41.3 Å². The molecule has 0 bridgehead atoms. The Balaban J connectivity index is 2.33. The minimum atomic E-state index is -0.428. The highest BCUT2D eigenvalue weighted by atomic mass is 32.2. The maximum absolute atomic E-state index is 11.8. The number of hydrogen-bond donors (Lipinski definition) is 2. The van der Waals surface area contributed by atoms with E-state index in [0.717, 1.165) is 25.0 Å². The summed E-state index contributed by atoms with van der Waals surface area (Å²) in [7, 11) is 0. The third-order valence-corrected chi connectivity index (χ3v) is 4.63. The van der Waals surface area contributed by atoms with E-state index in [1.807, 2.05) is 32.5 Å². The number of rotatable bonds is 6. The molecule has 0 heterocycles. The molecule has 3 atom stereocenters. The van der Waals surface area contributed by atoms with Crippen LogP contribution in [0.25, 0.3) is 0 Å². The van der Waals surface area contributed by atoms with Gasteiger partial charge in [-0.15, -0.1) is 0 Å². The van der Waals surface area contributed by atoms with Crippen LogP contribution in [0.2, 0.25) is 0 Å². The van der Waals surface area contributed by atoms with E-state index < -0.39 is 5.60 Å². The second-order valence-electron chi connectivity index (χ2n) is 6.93. The summed E-state index contributed by atoms with van der Waals surface area (Å²) in [5.41, 5.74) is -0.428. The molecule has 1 aliphatic carbocycles. The van der Waals surface area contributed by atoms with Crippen molar-refractivity contribution in [3.63, 3.8) is 0 Å². The van der Waals surface area contributed by atoms with E-state index in [1.165, 1.54) is 12.2 Å². The van der Waals surface area contributed by atoms with Gasteiger partial charge in [0, 0.05) is 23.9 Å². The Bertz CT molecular complexity index is 318. The molecule has 2 N–H and O–H groups in total. The Morgan fingerprint density at radius 2 is 2.00 bits per heavy atom. The minimum Gasteiger partial charge on any atom is -0.444 e. The molecule has 1 rings (SSSR count). The van der Waals surface area contributed by atoms with Crippen LogP contribution in [0.5, 0.6) is 0 Å². The van der Waals surface area contributed by atoms with Gasteiger partial charge in [-0.1, -0.05) is 6.92 Å². The Morgan fingerprint density at radius 3 is 2.62 bits per heavy atom. The molecule has 1 saturated carbocycles. The lowest BCUT2D eigenvalue weighted by Crippen LogP contribution is -2.47. The van der Waals surface area contributed by atoms with Crippen LogP contribution >= 0.6 is 11.8 Å². The maximum Gasteiger partial charge on any atom is 0.407 e. The summed E-state index contributed by atoms with van der Waals surface area (Å²) >= 11 is 1.97. The number of thioether (sulfide) groups is 1. The second kappa shape index (κ2) is 8.89. The predicted octanol–water partition coefficient (Wildman–Crippen LogP) is 3.55. The molecule has 1 amide bonds. The number of alkyl carbamates (subject to hydrolysis) is 1. The van der Waals surface area contributed by atoms with E-state index in [0.29, 0.717) is 12.1 Å². The average molecular weight is 317 g/mol. The SMILES string of the molecule is CCSCC(C)NC1CCCC(NC(=O)OC(C)(C)C)C1. The highest BCUT2D eigenvalue weighted by Gasteiger charge is 2.26. The summed E-state index contributed by atoms with van der Waals surface area (Å²) in [6, 6.07) is 1.27. The van der Waals surface area contributed by atoms with E-state index in [4.69, 9.17) is 4.74 Å². The lowest BCUT2D eigenvalue weighted by molar-refractivity contribution is 0.0488. The molecule has 0 aromatic heterocycles. The third kappa shape index (κ3) is 8.57. The second-order valence-corrected chi connectivity index (χ2v) is 8.25. The molecular formula is C16H32N2O2S. The summed E-state index contributed by atoms with van der Waals surface area (Å²) < 4.78 is 5.34. The van der Waals surface area contributed by atoms with Crippen LogP contribution in [-0.2, 0) is 4.74 Å². The van der Waals surface area contributed by atoms with Crippen LogP contribution in [0.15, 0.2) is 0 Å². The zero-order chi connectivity index (χ0) is 15.9. The van der Waals surface area contributed by atoms with Crippen LogP contribution < -0.4 is 10.6 Å². The average Bonchev–Trinajstić information content (AvgIpc) is 2.34. The summed E-state index contributed by atoms with van der Waals surface area (Å²) in [6.45, 7) is 10.1. The van der Waals surface area contributed by atoms with Crippen molar-refractivity contribution in [1.29, 1.82) is 0 Å². The molecule has 0 aromatic rings. The Labute approximate surface area is 134 Å². The number of carbonyl (C=O) groups excluding carboxylic acids is 1. The van der Waals surface area contributed by atoms with Crippen LogP contribution in [0.3, 0.4) is 0 Å². The van der Waals surface area contributed by atoms with Gasteiger partial charge in [-0.3, -0.25) is 0 Å². The summed E-state index contributed by atoms with van der Waals surface area (Å²) in [4.78, 5) is 11.8. The molecular weight excluding hydrogens is 284 g/mol. The molecule has 5 heteroatoms. The van der Waals surface area contributed by atoms with Gasteiger partial charge in [0.15, 0.2) is 0 Å². The monoisotopic (exact) mass is 316 g/mol. The van der Waals surface area contributed by atoms with Crippen molar-refractivity contribution in [2.24, 2.45) is 0 Å².